The standard InChI is InChI=1S/C13H18N2O2/c14-10-2-1-3-11(10)15-7-9-4-5-12-13(6-9)17-8-16-12/h4-6,10-11,15H,1-3,7-8,14H2/t10-,11+/m1/s1. The Labute approximate surface area is 101 Å². The molecular formula is C13H18N2O2. The van der Waals surface area contributed by atoms with E-state index in [1.165, 1.54) is 18.4 Å². The molecule has 0 radical (unpaired) electrons. The lowest BCUT2D eigenvalue weighted by Crippen LogP contribution is -2.40. The highest BCUT2D eigenvalue weighted by atomic mass is 16.7. The normalized spacial score (nSPS) is 26.4. The van der Waals surface area contributed by atoms with Crippen LogP contribution in [0.2, 0.25) is 0 Å². The summed E-state index contributed by atoms with van der Waals surface area (Å²) in [5.74, 6) is 1.69. The second kappa shape index (κ2) is 4.55. The largest absolute Gasteiger partial charge is 0.454 e. The van der Waals surface area contributed by atoms with Gasteiger partial charge in [-0.25, -0.2) is 0 Å². The Morgan fingerprint density at radius 2 is 2.12 bits per heavy atom. The summed E-state index contributed by atoms with van der Waals surface area (Å²) in [4.78, 5) is 0. The van der Waals surface area contributed by atoms with E-state index in [1.807, 2.05) is 12.1 Å². The maximum absolute atomic E-state index is 6.03. The first-order valence-electron chi connectivity index (χ1n) is 6.20. The van der Waals surface area contributed by atoms with Gasteiger partial charge in [-0.1, -0.05) is 12.5 Å². The SMILES string of the molecule is N[C@@H]1CCC[C@@H]1NCc1ccc2c(c1)OCO2. The average molecular weight is 234 g/mol. The van der Waals surface area contributed by atoms with Crippen LogP contribution in [-0.2, 0) is 6.54 Å². The Hall–Kier alpha value is -1.26. The third-order valence-electron chi connectivity index (χ3n) is 3.57. The van der Waals surface area contributed by atoms with E-state index in [0.29, 0.717) is 18.9 Å². The van der Waals surface area contributed by atoms with Gasteiger partial charge < -0.3 is 20.5 Å². The van der Waals surface area contributed by atoms with Crippen molar-refractivity contribution in [2.75, 3.05) is 6.79 Å². The molecule has 0 amide bonds. The van der Waals surface area contributed by atoms with Crippen LogP contribution in [0.25, 0.3) is 0 Å². The predicted octanol–water partition coefficient (Wildman–Crippen LogP) is 1.38. The first-order valence-corrected chi connectivity index (χ1v) is 6.20. The third-order valence-corrected chi connectivity index (χ3v) is 3.57. The third kappa shape index (κ3) is 2.23. The number of hydrogen-bond donors (Lipinski definition) is 2. The van der Waals surface area contributed by atoms with Crippen molar-refractivity contribution in [3.8, 4) is 11.5 Å². The van der Waals surface area contributed by atoms with Gasteiger partial charge in [-0.3, -0.25) is 0 Å². The van der Waals surface area contributed by atoms with E-state index < -0.39 is 0 Å². The molecule has 92 valence electrons. The molecule has 0 unspecified atom stereocenters. The van der Waals surface area contributed by atoms with Gasteiger partial charge in [0.2, 0.25) is 6.79 Å². The van der Waals surface area contributed by atoms with E-state index in [2.05, 4.69) is 11.4 Å². The Balaban J connectivity index is 1.61. The quantitative estimate of drug-likeness (QED) is 0.829. The van der Waals surface area contributed by atoms with E-state index in [1.54, 1.807) is 0 Å². The highest BCUT2D eigenvalue weighted by molar-refractivity contribution is 5.44. The van der Waals surface area contributed by atoms with Crippen LogP contribution in [0, 0.1) is 0 Å². The zero-order chi connectivity index (χ0) is 11.7. The molecule has 1 fully saturated rings. The number of nitrogens with two attached hydrogens (primary N) is 1. The smallest absolute Gasteiger partial charge is 0.231 e. The van der Waals surface area contributed by atoms with Crippen LogP contribution in [0.15, 0.2) is 18.2 Å². The molecule has 1 aromatic carbocycles. The van der Waals surface area contributed by atoms with Gasteiger partial charge in [-0.15, -0.1) is 0 Å². The molecule has 2 atom stereocenters. The highest BCUT2D eigenvalue weighted by Crippen LogP contribution is 2.32. The molecular weight excluding hydrogens is 216 g/mol. The molecule has 1 aromatic rings. The molecule has 4 heteroatoms. The molecule has 17 heavy (non-hydrogen) atoms. The van der Waals surface area contributed by atoms with Crippen LogP contribution in [0.4, 0.5) is 0 Å². The van der Waals surface area contributed by atoms with Crippen molar-refractivity contribution in [3.05, 3.63) is 23.8 Å². The fourth-order valence-electron chi connectivity index (χ4n) is 2.54. The zero-order valence-electron chi connectivity index (χ0n) is 9.82. The van der Waals surface area contributed by atoms with E-state index in [9.17, 15) is 0 Å². The Morgan fingerprint density at radius 3 is 2.94 bits per heavy atom. The Morgan fingerprint density at radius 1 is 1.24 bits per heavy atom. The zero-order valence-corrected chi connectivity index (χ0v) is 9.82. The summed E-state index contributed by atoms with van der Waals surface area (Å²) in [6.45, 7) is 1.18. The lowest BCUT2D eigenvalue weighted by Gasteiger charge is -2.17. The van der Waals surface area contributed by atoms with Crippen molar-refractivity contribution in [1.29, 1.82) is 0 Å². The predicted molar refractivity (Wildman–Crippen MR) is 65.0 cm³/mol. The molecule has 0 bridgehead atoms. The number of ether oxygens (including phenoxy) is 2. The van der Waals surface area contributed by atoms with Crippen molar-refractivity contribution < 1.29 is 9.47 Å². The lowest BCUT2D eigenvalue weighted by atomic mass is 10.1. The molecule has 3 rings (SSSR count). The van der Waals surface area contributed by atoms with Gasteiger partial charge in [0.25, 0.3) is 0 Å². The van der Waals surface area contributed by atoms with Crippen LogP contribution in [0.3, 0.4) is 0 Å². The molecule has 3 N–H and O–H groups in total. The minimum absolute atomic E-state index is 0.309. The van der Waals surface area contributed by atoms with Crippen molar-refractivity contribution in [3.63, 3.8) is 0 Å². The van der Waals surface area contributed by atoms with Crippen LogP contribution in [0.5, 0.6) is 11.5 Å². The fourth-order valence-corrected chi connectivity index (χ4v) is 2.54. The summed E-state index contributed by atoms with van der Waals surface area (Å²) in [5, 5.41) is 3.52. The van der Waals surface area contributed by atoms with E-state index in [-0.39, 0.29) is 0 Å². The van der Waals surface area contributed by atoms with Gasteiger partial charge in [0, 0.05) is 18.6 Å². The minimum Gasteiger partial charge on any atom is -0.454 e. The second-order valence-electron chi connectivity index (χ2n) is 4.77. The molecule has 2 aliphatic rings. The van der Waals surface area contributed by atoms with Gasteiger partial charge >= 0.3 is 0 Å². The van der Waals surface area contributed by atoms with E-state index in [0.717, 1.165) is 24.5 Å². The number of fused-ring (bicyclic) bond motifs is 1. The molecule has 4 nitrogen and oxygen atoms in total. The van der Waals surface area contributed by atoms with Gasteiger partial charge in [0.15, 0.2) is 11.5 Å². The number of rotatable bonds is 3. The molecule has 0 spiro atoms. The summed E-state index contributed by atoms with van der Waals surface area (Å²) < 4.78 is 10.6. The molecule has 1 aliphatic heterocycles. The average Bonchev–Trinajstić information content (AvgIpc) is 2.94. The summed E-state index contributed by atoms with van der Waals surface area (Å²) in [6.07, 6.45) is 3.56. The summed E-state index contributed by atoms with van der Waals surface area (Å²) in [5.41, 5.74) is 7.24. The Bertz CT molecular complexity index is 408. The van der Waals surface area contributed by atoms with Gasteiger partial charge in [-0.05, 0) is 30.5 Å². The molecule has 1 heterocycles. The van der Waals surface area contributed by atoms with Gasteiger partial charge in [-0.2, -0.15) is 0 Å². The fraction of sp³-hybridized carbons (Fsp3) is 0.538. The van der Waals surface area contributed by atoms with Crippen molar-refractivity contribution in [2.45, 2.75) is 37.9 Å². The minimum atomic E-state index is 0.309. The first kappa shape index (κ1) is 10.9. The van der Waals surface area contributed by atoms with Crippen LogP contribution in [0.1, 0.15) is 24.8 Å². The molecule has 0 aromatic heterocycles. The summed E-state index contributed by atoms with van der Waals surface area (Å²) in [6, 6.07) is 6.84. The first-order chi connectivity index (χ1) is 8.33. The highest BCUT2D eigenvalue weighted by Gasteiger charge is 2.23. The van der Waals surface area contributed by atoms with E-state index in [4.69, 9.17) is 15.2 Å². The van der Waals surface area contributed by atoms with Crippen molar-refractivity contribution >= 4 is 0 Å². The maximum atomic E-state index is 6.03. The molecule has 1 saturated carbocycles. The second-order valence-corrected chi connectivity index (χ2v) is 4.77. The molecule has 1 aliphatic carbocycles. The van der Waals surface area contributed by atoms with E-state index >= 15 is 0 Å². The maximum Gasteiger partial charge on any atom is 0.231 e. The monoisotopic (exact) mass is 234 g/mol. The lowest BCUT2D eigenvalue weighted by molar-refractivity contribution is 0.174. The van der Waals surface area contributed by atoms with Crippen LogP contribution >= 0.6 is 0 Å². The number of hydrogen-bond acceptors (Lipinski definition) is 4. The van der Waals surface area contributed by atoms with Gasteiger partial charge in [0.05, 0.1) is 0 Å². The molecule has 0 saturated heterocycles. The summed E-state index contributed by atoms with van der Waals surface area (Å²) in [7, 11) is 0. The number of nitrogens with one attached hydrogen (secondary N) is 1. The van der Waals surface area contributed by atoms with Crippen molar-refractivity contribution in [2.24, 2.45) is 5.73 Å². The number of benzene rings is 1. The van der Waals surface area contributed by atoms with Crippen LogP contribution < -0.4 is 20.5 Å². The summed E-state index contributed by atoms with van der Waals surface area (Å²) >= 11 is 0. The van der Waals surface area contributed by atoms with Gasteiger partial charge in [0.1, 0.15) is 0 Å². The van der Waals surface area contributed by atoms with Crippen LogP contribution in [-0.4, -0.2) is 18.9 Å². The Kier molecular flexibility index (Phi) is 2.91. The topological polar surface area (TPSA) is 56.5 Å². The van der Waals surface area contributed by atoms with Crippen molar-refractivity contribution in [1.82, 2.24) is 5.32 Å².